The quantitative estimate of drug-likeness (QED) is 0.102. The lowest BCUT2D eigenvalue weighted by Gasteiger charge is -2.68. The van der Waals surface area contributed by atoms with Gasteiger partial charge in [-0.2, -0.15) is 31.2 Å². The lowest BCUT2D eigenvalue weighted by molar-refractivity contribution is -0.629. The number of amides is 3. The lowest BCUT2D eigenvalue weighted by atomic mass is 9.74. The van der Waals surface area contributed by atoms with Gasteiger partial charge in [0.05, 0.1) is 17.2 Å². The molecule has 21 nitrogen and oxygen atoms in total. The van der Waals surface area contributed by atoms with E-state index in [-0.39, 0.29) is 36.1 Å². The zero-order valence-corrected chi connectivity index (χ0v) is 29.6. The largest absolute Gasteiger partial charge is 0.416 e. The number of halogens is 7. The molecule has 4 rings (SSSR count). The number of aliphatic hydroxyl groups is 15. The highest BCUT2D eigenvalue weighted by Crippen LogP contribution is 2.57. The Bertz CT molecular complexity index is 1930. The average molecular weight is 857 g/mol. The van der Waals surface area contributed by atoms with Gasteiger partial charge in [-0.25, -0.2) is 19.0 Å². The van der Waals surface area contributed by atoms with Crippen molar-refractivity contribution in [1.82, 2.24) is 19.6 Å². The summed E-state index contributed by atoms with van der Waals surface area (Å²) in [5.74, 6) is -40.6. The van der Waals surface area contributed by atoms with Crippen LogP contribution in [0, 0.1) is 12.7 Å². The van der Waals surface area contributed by atoms with E-state index in [0.29, 0.717) is 26.1 Å². The van der Waals surface area contributed by atoms with E-state index in [1.54, 1.807) is 0 Å². The number of likely N-dealkylation sites (tertiary alicyclic amines) is 1. The maximum Gasteiger partial charge on any atom is 0.416 e. The average Bonchev–Trinajstić information content (AvgIpc) is 3.02. The molecule has 2 fully saturated rings. The van der Waals surface area contributed by atoms with Crippen LogP contribution in [0.15, 0.2) is 36.4 Å². The van der Waals surface area contributed by atoms with Crippen LogP contribution in [-0.2, 0) is 22.9 Å². The molecule has 2 aliphatic heterocycles. The second-order valence-electron chi connectivity index (χ2n) is 13.6. The molecular formula is C30H35F7N4O17. The summed E-state index contributed by atoms with van der Waals surface area (Å²) in [5, 5.41) is 168. The van der Waals surface area contributed by atoms with E-state index in [1.807, 2.05) is 0 Å². The van der Waals surface area contributed by atoms with Crippen LogP contribution in [-0.4, -0.2) is 162 Å². The summed E-state index contributed by atoms with van der Waals surface area (Å²) in [5.41, 5.74) is -12.0. The van der Waals surface area contributed by atoms with Gasteiger partial charge in [-0.05, 0) is 55.3 Å². The number of benzene rings is 2. The van der Waals surface area contributed by atoms with Crippen LogP contribution in [0.1, 0.15) is 47.7 Å². The highest BCUT2D eigenvalue weighted by molar-refractivity contribution is 5.77. The van der Waals surface area contributed by atoms with Gasteiger partial charge in [-0.15, -0.1) is 0 Å². The minimum absolute atomic E-state index is 0.0685. The van der Waals surface area contributed by atoms with Crippen molar-refractivity contribution in [1.29, 1.82) is 0 Å². The Morgan fingerprint density at radius 3 is 1.48 bits per heavy atom. The van der Waals surface area contributed by atoms with Crippen LogP contribution >= 0.6 is 0 Å². The molecule has 3 unspecified atom stereocenters. The third-order valence-electron chi connectivity index (χ3n) is 9.90. The number of alkyl halides is 6. The number of piperidine rings is 1. The second kappa shape index (κ2) is 13.3. The van der Waals surface area contributed by atoms with Gasteiger partial charge in [-0.1, -0.05) is 6.07 Å². The molecule has 0 aromatic heterocycles. The summed E-state index contributed by atoms with van der Waals surface area (Å²) in [7, 11) is 0.436. The second-order valence-corrected chi connectivity index (χ2v) is 13.6. The molecule has 0 saturated carbocycles. The van der Waals surface area contributed by atoms with E-state index in [2.05, 4.69) is 0 Å². The molecule has 3 amide bonds. The SMILES string of the molecule is CC(=O)N1C(O)(O)C(O)(O)N(C2C(O)(O)C(O)(O)N(C(=O)N(C)C(C)c3cc(C(F)(F)F)cc(C(F)(F)F)c3)C(O)(c3ccc(F)cc3C)C2(O)O)C(O)(O)C1(O)O. The molecule has 2 aromatic rings. The van der Waals surface area contributed by atoms with E-state index in [0.717, 1.165) is 6.92 Å². The fourth-order valence-electron chi connectivity index (χ4n) is 6.80. The van der Waals surface area contributed by atoms with Crippen molar-refractivity contribution in [2.24, 2.45) is 0 Å². The van der Waals surface area contributed by atoms with Crippen molar-refractivity contribution in [2.45, 2.75) is 92.1 Å². The Morgan fingerprint density at radius 2 is 1.10 bits per heavy atom. The van der Waals surface area contributed by atoms with Crippen LogP contribution in [0.4, 0.5) is 35.5 Å². The third kappa shape index (κ3) is 6.27. The molecule has 326 valence electrons. The monoisotopic (exact) mass is 856 g/mol. The summed E-state index contributed by atoms with van der Waals surface area (Å²) in [6, 6.07) is -8.46. The number of piperazine rings is 1. The summed E-state index contributed by atoms with van der Waals surface area (Å²) in [6.07, 6.45) is -11.0. The van der Waals surface area contributed by atoms with Crippen molar-refractivity contribution < 1.29 is 117 Å². The van der Waals surface area contributed by atoms with Crippen LogP contribution < -0.4 is 0 Å². The summed E-state index contributed by atoms with van der Waals surface area (Å²) < 4.78 is 96.4. The first kappa shape index (κ1) is 46.7. The number of carbonyl (C=O) groups is 2. The van der Waals surface area contributed by atoms with Gasteiger partial charge < -0.3 is 81.5 Å². The molecule has 15 N–H and O–H groups in total. The van der Waals surface area contributed by atoms with Gasteiger partial charge in [0.25, 0.3) is 5.79 Å². The Labute approximate surface area is 317 Å². The molecule has 2 aromatic carbocycles. The number of nitrogens with zero attached hydrogens (tertiary/aromatic N) is 4. The Balaban J connectivity index is 2.10. The van der Waals surface area contributed by atoms with Crippen LogP contribution in [0.25, 0.3) is 0 Å². The topological polar surface area (TPSA) is 351 Å². The van der Waals surface area contributed by atoms with E-state index in [1.165, 1.54) is 0 Å². The number of carbonyl (C=O) groups excluding carboxylic acids is 2. The minimum atomic E-state index is -5.48. The van der Waals surface area contributed by atoms with Gasteiger partial charge >= 0.3 is 47.9 Å². The van der Waals surface area contributed by atoms with Gasteiger partial charge in [0.15, 0.2) is 0 Å². The fraction of sp³-hybridized carbons (Fsp3) is 0.533. The van der Waals surface area contributed by atoms with Crippen molar-refractivity contribution in [3.05, 3.63) is 70.0 Å². The highest BCUT2D eigenvalue weighted by atomic mass is 19.4. The maximum absolute atomic E-state index is 14.3. The predicted octanol–water partition coefficient (Wildman–Crippen LogP) is -4.47. The highest BCUT2D eigenvalue weighted by Gasteiger charge is 2.88. The standard InChI is InChI=1S/C30H35F7N4O17/c1-11-7-17(31)5-6-18(11)21(44)22(45,46)19(40-29(55,56)27(51,52)39(13(3)42)28(53,54)30(40,57)58)23(47,48)26(49,50)41(21)20(43)38(4)12(2)14-8-15(24(32,33)34)10-16(9-14)25(35,36)37/h5-10,12,19,44-58H,1-4H3. The first-order chi connectivity index (χ1) is 25.6. The smallest absolute Gasteiger partial charge is 0.362 e. The van der Waals surface area contributed by atoms with Gasteiger partial charge in [0.2, 0.25) is 17.4 Å². The number of urea groups is 1. The minimum Gasteiger partial charge on any atom is -0.362 e. The zero-order chi connectivity index (χ0) is 45.3. The van der Waals surface area contributed by atoms with E-state index in [4.69, 9.17) is 0 Å². The van der Waals surface area contributed by atoms with Crippen molar-refractivity contribution in [2.75, 3.05) is 7.05 Å². The molecule has 2 heterocycles. The van der Waals surface area contributed by atoms with Crippen molar-refractivity contribution in [3.8, 4) is 0 Å². The normalized spacial score (nSPS) is 26.6. The third-order valence-corrected chi connectivity index (χ3v) is 9.90. The van der Waals surface area contributed by atoms with E-state index < -0.39 is 132 Å². The summed E-state index contributed by atoms with van der Waals surface area (Å²) in [6.45, 7) is 1.59. The van der Waals surface area contributed by atoms with Gasteiger partial charge in [-0.3, -0.25) is 4.79 Å². The summed E-state index contributed by atoms with van der Waals surface area (Å²) in [4.78, 5) is 22.2. The zero-order valence-electron chi connectivity index (χ0n) is 29.6. The first-order valence-corrected chi connectivity index (χ1v) is 15.7. The molecule has 2 saturated heterocycles. The molecule has 58 heavy (non-hydrogen) atoms. The maximum atomic E-state index is 14.3. The number of hydrogen-bond acceptors (Lipinski definition) is 18. The Hall–Kier alpha value is -3.95. The van der Waals surface area contributed by atoms with Crippen molar-refractivity contribution in [3.63, 3.8) is 0 Å². The van der Waals surface area contributed by atoms with E-state index >= 15 is 0 Å². The van der Waals surface area contributed by atoms with Gasteiger partial charge in [0.1, 0.15) is 11.9 Å². The number of hydrogen-bond donors (Lipinski definition) is 15. The van der Waals surface area contributed by atoms with E-state index in [9.17, 15) is 117 Å². The molecule has 28 heteroatoms. The Morgan fingerprint density at radius 1 is 0.672 bits per heavy atom. The van der Waals surface area contributed by atoms with Crippen molar-refractivity contribution >= 4 is 11.9 Å². The summed E-state index contributed by atoms with van der Waals surface area (Å²) >= 11 is 0. The predicted molar refractivity (Wildman–Crippen MR) is 163 cm³/mol. The molecule has 0 aliphatic carbocycles. The number of rotatable bonds is 4. The van der Waals surface area contributed by atoms with Crippen LogP contribution in [0.5, 0.6) is 0 Å². The first-order valence-electron chi connectivity index (χ1n) is 15.7. The molecule has 3 atom stereocenters. The molecular weight excluding hydrogens is 821 g/mol. The van der Waals surface area contributed by atoms with Crippen LogP contribution in [0.3, 0.4) is 0 Å². The number of aryl methyl sites for hydroxylation is 1. The van der Waals surface area contributed by atoms with Crippen LogP contribution in [0.2, 0.25) is 0 Å². The molecule has 0 spiro atoms. The fourth-order valence-corrected chi connectivity index (χ4v) is 6.80. The molecule has 2 aliphatic rings. The Kier molecular flexibility index (Phi) is 10.7. The van der Waals surface area contributed by atoms with Gasteiger partial charge in [0, 0.05) is 19.5 Å². The lowest BCUT2D eigenvalue weighted by Crippen LogP contribution is -2.98. The molecule has 0 radical (unpaired) electrons. The molecule has 0 bridgehead atoms.